The lowest BCUT2D eigenvalue weighted by Gasteiger charge is -2.34. The lowest BCUT2D eigenvalue weighted by Crippen LogP contribution is -2.47. The monoisotopic (exact) mass is 355 g/mol. The van der Waals surface area contributed by atoms with Crippen molar-refractivity contribution < 1.29 is 13.2 Å². The molecule has 2 fully saturated rings. The van der Waals surface area contributed by atoms with Gasteiger partial charge < -0.3 is 4.90 Å². The van der Waals surface area contributed by atoms with E-state index in [0.717, 1.165) is 25.7 Å². The van der Waals surface area contributed by atoms with E-state index in [0.29, 0.717) is 11.6 Å². The second kappa shape index (κ2) is 7.17. The molecule has 6 nitrogen and oxygen atoms in total. The van der Waals surface area contributed by atoms with Crippen molar-refractivity contribution in [2.75, 3.05) is 17.3 Å². The van der Waals surface area contributed by atoms with Crippen molar-refractivity contribution >= 4 is 27.5 Å². The topological polar surface area (TPSA) is 80.2 Å². The van der Waals surface area contributed by atoms with E-state index >= 15 is 0 Å². The molecule has 0 bridgehead atoms. The van der Waals surface area contributed by atoms with E-state index in [1.54, 1.807) is 18.5 Å². The van der Waals surface area contributed by atoms with Crippen LogP contribution < -0.4 is 0 Å². The zero-order valence-corrected chi connectivity index (χ0v) is 14.6. The van der Waals surface area contributed by atoms with E-state index in [1.165, 1.54) is 11.8 Å². The Morgan fingerprint density at radius 3 is 2.48 bits per heavy atom. The van der Waals surface area contributed by atoms with E-state index in [-0.39, 0.29) is 35.2 Å². The third-order valence-corrected chi connectivity index (χ3v) is 7.09. The Kier molecular flexibility index (Phi) is 5.21. The minimum absolute atomic E-state index is 0.0106. The molecule has 0 aromatic carbocycles. The zero-order chi connectivity index (χ0) is 16.3. The van der Waals surface area contributed by atoms with Crippen LogP contribution in [0, 0.1) is 0 Å². The molecule has 1 amide bonds. The Bertz CT molecular complexity index is 645. The van der Waals surface area contributed by atoms with Crippen molar-refractivity contribution in [1.82, 2.24) is 14.9 Å². The first-order valence-electron chi connectivity index (χ1n) is 7.96. The summed E-state index contributed by atoms with van der Waals surface area (Å²) in [5, 5.41) is 0.575. The van der Waals surface area contributed by atoms with Gasteiger partial charge in [0.05, 0.1) is 17.3 Å². The average molecular weight is 355 g/mol. The van der Waals surface area contributed by atoms with E-state index in [4.69, 9.17) is 0 Å². The van der Waals surface area contributed by atoms with Crippen LogP contribution >= 0.6 is 11.8 Å². The van der Waals surface area contributed by atoms with Crippen molar-refractivity contribution in [1.29, 1.82) is 0 Å². The molecule has 23 heavy (non-hydrogen) atoms. The van der Waals surface area contributed by atoms with Crippen LogP contribution in [0.3, 0.4) is 0 Å². The predicted molar refractivity (Wildman–Crippen MR) is 88.9 cm³/mol. The highest BCUT2D eigenvalue weighted by atomic mass is 32.2. The Labute approximate surface area is 141 Å². The number of hydrogen-bond acceptors (Lipinski definition) is 6. The summed E-state index contributed by atoms with van der Waals surface area (Å²) in [6.45, 7) is 0. The number of carbonyl (C=O) groups is 1. The van der Waals surface area contributed by atoms with E-state index < -0.39 is 9.84 Å². The van der Waals surface area contributed by atoms with Gasteiger partial charge in [0.1, 0.15) is 0 Å². The Morgan fingerprint density at radius 1 is 1.17 bits per heavy atom. The van der Waals surface area contributed by atoms with Crippen LogP contribution in [0.2, 0.25) is 0 Å². The van der Waals surface area contributed by atoms with Crippen LogP contribution in [0.4, 0.5) is 0 Å². The first-order chi connectivity index (χ1) is 11.1. The van der Waals surface area contributed by atoms with Gasteiger partial charge in [-0.05, 0) is 25.3 Å². The number of aromatic nitrogens is 2. The fraction of sp³-hybridized carbons (Fsp3) is 0.667. The molecule has 8 heteroatoms. The molecule has 2 aliphatic rings. The molecule has 1 atom stereocenters. The molecular formula is C15H21N3O3S2. The number of rotatable bonds is 5. The van der Waals surface area contributed by atoms with E-state index in [2.05, 4.69) is 9.97 Å². The molecule has 1 unspecified atom stereocenters. The van der Waals surface area contributed by atoms with Crippen LogP contribution in [0.15, 0.2) is 23.6 Å². The highest BCUT2D eigenvalue weighted by Crippen LogP contribution is 2.30. The van der Waals surface area contributed by atoms with Crippen molar-refractivity contribution in [2.24, 2.45) is 0 Å². The normalized spacial score (nSPS) is 23.9. The molecule has 1 saturated carbocycles. The van der Waals surface area contributed by atoms with Crippen LogP contribution in [0.1, 0.15) is 32.1 Å². The van der Waals surface area contributed by atoms with Gasteiger partial charge in [0, 0.05) is 24.5 Å². The molecule has 1 aliphatic heterocycles. The van der Waals surface area contributed by atoms with Gasteiger partial charge >= 0.3 is 0 Å². The number of carbonyl (C=O) groups excluding carboxylic acids is 1. The predicted octanol–water partition coefficient (Wildman–Crippen LogP) is 1.53. The first-order valence-corrected chi connectivity index (χ1v) is 10.8. The zero-order valence-electron chi connectivity index (χ0n) is 12.9. The largest absolute Gasteiger partial charge is 0.335 e. The summed E-state index contributed by atoms with van der Waals surface area (Å²) >= 11 is 1.31. The molecule has 1 aliphatic carbocycles. The quantitative estimate of drug-likeness (QED) is 0.589. The summed E-state index contributed by atoms with van der Waals surface area (Å²) in [4.78, 5) is 22.9. The molecule has 1 saturated heterocycles. The summed E-state index contributed by atoms with van der Waals surface area (Å²) in [6.07, 6.45) is 8.06. The Morgan fingerprint density at radius 2 is 1.87 bits per heavy atom. The van der Waals surface area contributed by atoms with Crippen LogP contribution in [0.5, 0.6) is 0 Å². The van der Waals surface area contributed by atoms with Gasteiger partial charge in [-0.1, -0.05) is 24.6 Å². The smallest absolute Gasteiger partial charge is 0.233 e. The average Bonchev–Trinajstić information content (AvgIpc) is 3.17. The molecule has 0 spiro atoms. The molecule has 1 aromatic heterocycles. The van der Waals surface area contributed by atoms with Crippen molar-refractivity contribution in [3.63, 3.8) is 0 Å². The Hall–Kier alpha value is -1.15. The standard InChI is InChI=1S/C15H21N3O3S2/c19-14(10-22-15-16-7-3-8-17-15)18(12-4-1-2-5-12)13-6-9-23(20,21)11-13/h3,7-8,12-13H,1-2,4-6,9-11H2. The fourth-order valence-corrected chi connectivity index (χ4v) is 5.83. The maximum Gasteiger partial charge on any atom is 0.233 e. The third-order valence-electron chi connectivity index (χ3n) is 4.47. The molecule has 2 heterocycles. The van der Waals surface area contributed by atoms with Crippen molar-refractivity contribution in [2.45, 2.75) is 49.3 Å². The highest BCUT2D eigenvalue weighted by Gasteiger charge is 2.38. The summed E-state index contributed by atoms with van der Waals surface area (Å²) in [5.41, 5.74) is 0. The van der Waals surface area contributed by atoms with Crippen molar-refractivity contribution in [3.8, 4) is 0 Å². The van der Waals surface area contributed by atoms with Gasteiger partial charge in [-0.25, -0.2) is 18.4 Å². The molecule has 1 aromatic rings. The first kappa shape index (κ1) is 16.7. The van der Waals surface area contributed by atoms with Gasteiger partial charge in [-0.3, -0.25) is 4.79 Å². The number of thioether (sulfide) groups is 1. The summed E-state index contributed by atoms with van der Waals surface area (Å²) < 4.78 is 23.6. The van der Waals surface area contributed by atoms with Gasteiger partial charge in [0.25, 0.3) is 0 Å². The number of amides is 1. The van der Waals surface area contributed by atoms with E-state index in [9.17, 15) is 13.2 Å². The highest BCUT2D eigenvalue weighted by molar-refractivity contribution is 7.99. The molecule has 0 N–H and O–H groups in total. The Balaban J connectivity index is 1.68. The minimum atomic E-state index is -3.00. The van der Waals surface area contributed by atoms with Gasteiger partial charge in [0.15, 0.2) is 15.0 Å². The third kappa shape index (κ3) is 4.23. The summed E-state index contributed by atoms with van der Waals surface area (Å²) in [6, 6.07) is 1.77. The second-order valence-electron chi connectivity index (χ2n) is 6.12. The maximum absolute atomic E-state index is 12.8. The van der Waals surface area contributed by atoms with Crippen molar-refractivity contribution in [3.05, 3.63) is 18.5 Å². The van der Waals surface area contributed by atoms with Crippen LogP contribution in [-0.2, 0) is 14.6 Å². The minimum Gasteiger partial charge on any atom is -0.335 e. The number of hydrogen-bond donors (Lipinski definition) is 0. The molecule has 126 valence electrons. The summed E-state index contributed by atoms with van der Waals surface area (Å²) in [7, 11) is -3.00. The van der Waals surface area contributed by atoms with Crippen LogP contribution in [0.25, 0.3) is 0 Å². The number of sulfone groups is 1. The SMILES string of the molecule is O=C(CSc1ncccn1)N(C1CCCC1)C1CCS(=O)(=O)C1. The molecular weight excluding hydrogens is 334 g/mol. The van der Waals surface area contributed by atoms with Gasteiger partial charge in [0.2, 0.25) is 5.91 Å². The fourth-order valence-electron chi connectivity index (χ4n) is 3.44. The van der Waals surface area contributed by atoms with Gasteiger partial charge in [-0.15, -0.1) is 0 Å². The maximum atomic E-state index is 12.8. The van der Waals surface area contributed by atoms with Gasteiger partial charge in [-0.2, -0.15) is 0 Å². The molecule has 0 radical (unpaired) electrons. The number of nitrogens with zero attached hydrogens (tertiary/aromatic N) is 3. The van der Waals surface area contributed by atoms with E-state index in [1.807, 2.05) is 4.90 Å². The van der Waals surface area contributed by atoms with Crippen LogP contribution in [-0.4, -0.2) is 58.5 Å². The lowest BCUT2D eigenvalue weighted by molar-refractivity contribution is -0.132. The lowest BCUT2D eigenvalue weighted by atomic mass is 10.1. The second-order valence-corrected chi connectivity index (χ2v) is 9.29. The summed E-state index contributed by atoms with van der Waals surface area (Å²) in [5.74, 6) is 0.582. The molecule has 3 rings (SSSR count).